The summed E-state index contributed by atoms with van der Waals surface area (Å²) in [7, 11) is 0. The van der Waals surface area contributed by atoms with Crippen molar-refractivity contribution in [2.24, 2.45) is 4.99 Å². The van der Waals surface area contributed by atoms with Crippen LogP contribution in [0.2, 0.25) is 5.02 Å². The van der Waals surface area contributed by atoms with Crippen molar-refractivity contribution in [3.63, 3.8) is 0 Å². The number of rotatable bonds is 6. The molecule has 0 fully saturated rings. The van der Waals surface area contributed by atoms with Crippen LogP contribution in [-0.2, 0) is 0 Å². The largest absolute Gasteiger partial charge is 0.258 e. The second-order valence-electron chi connectivity index (χ2n) is 4.46. The molecule has 17 heavy (non-hydrogen) atoms. The van der Waals surface area contributed by atoms with Crippen LogP contribution in [0.3, 0.4) is 0 Å². The van der Waals surface area contributed by atoms with E-state index >= 15 is 0 Å². The number of hydrogen-bond donors (Lipinski definition) is 0. The summed E-state index contributed by atoms with van der Waals surface area (Å²) in [5.74, 6) is 0. The lowest BCUT2D eigenvalue weighted by molar-refractivity contribution is 0.815. The van der Waals surface area contributed by atoms with E-state index in [1.165, 1.54) is 18.6 Å². The Morgan fingerprint density at radius 3 is 2.53 bits per heavy atom. The molecule has 0 aliphatic rings. The van der Waals surface area contributed by atoms with E-state index in [-0.39, 0.29) is 0 Å². The molecule has 94 valence electrons. The van der Waals surface area contributed by atoms with Crippen LogP contribution in [0.25, 0.3) is 0 Å². The average molecular weight is 252 g/mol. The van der Waals surface area contributed by atoms with Crippen molar-refractivity contribution in [1.82, 2.24) is 0 Å². The number of aryl methyl sites for hydroxylation is 1. The Hall–Kier alpha value is -0.820. The van der Waals surface area contributed by atoms with Crippen molar-refractivity contribution in [2.45, 2.75) is 52.9 Å². The normalized spacial score (nSPS) is 11.9. The third kappa shape index (κ3) is 4.91. The first kappa shape index (κ1) is 14.2. The highest BCUT2D eigenvalue weighted by Crippen LogP contribution is 2.23. The van der Waals surface area contributed by atoms with Crippen LogP contribution in [0.4, 0.5) is 5.69 Å². The lowest BCUT2D eigenvalue weighted by Gasteiger charge is -2.07. The second-order valence-corrected chi connectivity index (χ2v) is 4.90. The minimum atomic E-state index is 0.784. The summed E-state index contributed by atoms with van der Waals surface area (Å²) >= 11 is 5.95. The Labute approximate surface area is 110 Å². The van der Waals surface area contributed by atoms with Gasteiger partial charge in [-0.25, -0.2) is 0 Å². The van der Waals surface area contributed by atoms with Crippen LogP contribution in [0.15, 0.2) is 23.2 Å². The molecule has 0 amide bonds. The van der Waals surface area contributed by atoms with E-state index in [4.69, 9.17) is 16.6 Å². The zero-order chi connectivity index (χ0) is 12.7. The summed E-state index contributed by atoms with van der Waals surface area (Å²) in [5.41, 5.74) is 3.54. The topological polar surface area (TPSA) is 12.4 Å². The van der Waals surface area contributed by atoms with Gasteiger partial charge in [0.05, 0.1) is 5.69 Å². The van der Waals surface area contributed by atoms with E-state index in [9.17, 15) is 0 Å². The number of aliphatic imine (C=N–C) groups is 1. The van der Waals surface area contributed by atoms with Gasteiger partial charge in [-0.05, 0) is 49.9 Å². The van der Waals surface area contributed by atoms with E-state index in [0.29, 0.717) is 0 Å². The molecule has 1 rings (SSSR count). The maximum atomic E-state index is 5.95. The van der Waals surface area contributed by atoms with Crippen molar-refractivity contribution in [2.75, 3.05) is 0 Å². The third-order valence-corrected chi connectivity index (χ3v) is 3.03. The molecule has 0 aliphatic heterocycles. The molecule has 0 atom stereocenters. The summed E-state index contributed by atoms with van der Waals surface area (Å²) in [6.07, 6.45) is 5.83. The van der Waals surface area contributed by atoms with Gasteiger partial charge in [-0.1, -0.05) is 38.3 Å². The number of halogens is 1. The Kier molecular flexibility index (Phi) is 6.28. The molecule has 0 saturated heterocycles. The quantitative estimate of drug-likeness (QED) is 0.574. The molecule has 0 heterocycles. The molecule has 0 N–H and O–H groups in total. The van der Waals surface area contributed by atoms with E-state index in [1.54, 1.807) is 0 Å². The fourth-order valence-electron chi connectivity index (χ4n) is 1.82. The van der Waals surface area contributed by atoms with Gasteiger partial charge in [-0.15, -0.1) is 0 Å². The molecule has 0 unspecified atom stereocenters. The lowest BCUT2D eigenvalue weighted by Crippen LogP contribution is -1.97. The molecule has 0 aromatic heterocycles. The maximum absolute atomic E-state index is 5.95. The van der Waals surface area contributed by atoms with Crippen molar-refractivity contribution in [1.29, 1.82) is 0 Å². The summed E-state index contributed by atoms with van der Waals surface area (Å²) in [5, 5.41) is 0.784. The van der Waals surface area contributed by atoms with Crippen LogP contribution in [-0.4, -0.2) is 5.71 Å². The highest BCUT2D eigenvalue weighted by atomic mass is 35.5. The third-order valence-electron chi connectivity index (χ3n) is 2.79. The SMILES string of the molecule is CCCCC(CCC)=Nc1ccc(Cl)cc1C. The Morgan fingerprint density at radius 2 is 1.94 bits per heavy atom. The van der Waals surface area contributed by atoms with Crippen molar-refractivity contribution < 1.29 is 0 Å². The summed E-state index contributed by atoms with van der Waals surface area (Å²) in [6, 6.07) is 5.90. The molecule has 1 nitrogen and oxygen atoms in total. The highest BCUT2D eigenvalue weighted by Gasteiger charge is 2.02. The zero-order valence-corrected chi connectivity index (χ0v) is 11.8. The van der Waals surface area contributed by atoms with Gasteiger partial charge in [0.25, 0.3) is 0 Å². The van der Waals surface area contributed by atoms with Crippen molar-refractivity contribution >= 4 is 23.0 Å². The van der Waals surface area contributed by atoms with Crippen LogP contribution in [0, 0.1) is 6.92 Å². The molecular weight excluding hydrogens is 230 g/mol. The first-order valence-corrected chi connectivity index (χ1v) is 6.87. The second kappa shape index (κ2) is 7.50. The lowest BCUT2D eigenvalue weighted by atomic mass is 10.1. The average Bonchev–Trinajstić information content (AvgIpc) is 2.29. The smallest absolute Gasteiger partial charge is 0.0659 e. The van der Waals surface area contributed by atoms with Gasteiger partial charge in [0, 0.05) is 10.7 Å². The number of benzene rings is 1. The van der Waals surface area contributed by atoms with E-state index in [1.807, 2.05) is 18.2 Å². The highest BCUT2D eigenvalue weighted by molar-refractivity contribution is 6.30. The van der Waals surface area contributed by atoms with Gasteiger partial charge in [-0.2, -0.15) is 0 Å². The monoisotopic (exact) mass is 251 g/mol. The summed E-state index contributed by atoms with van der Waals surface area (Å²) in [4.78, 5) is 4.78. The standard InChI is InChI=1S/C15H22ClN/c1-4-6-8-14(7-5-2)17-15-10-9-13(16)11-12(15)3/h9-11H,4-8H2,1-3H3. The summed E-state index contributed by atoms with van der Waals surface area (Å²) in [6.45, 7) is 6.49. The predicted molar refractivity (Wildman–Crippen MR) is 77.7 cm³/mol. The number of nitrogens with zero attached hydrogens (tertiary/aromatic N) is 1. The molecule has 1 aromatic rings. The Balaban J connectivity index is 2.87. The minimum absolute atomic E-state index is 0.784. The first-order chi connectivity index (χ1) is 8.17. The number of hydrogen-bond acceptors (Lipinski definition) is 1. The van der Waals surface area contributed by atoms with Crippen LogP contribution in [0.5, 0.6) is 0 Å². The Bertz CT molecular complexity index is 383. The van der Waals surface area contributed by atoms with Gasteiger partial charge in [0.2, 0.25) is 0 Å². The predicted octanol–water partition coefficient (Wildman–Crippen LogP) is 5.71. The van der Waals surface area contributed by atoms with Crippen molar-refractivity contribution in [3.05, 3.63) is 28.8 Å². The fraction of sp³-hybridized carbons (Fsp3) is 0.533. The molecule has 0 spiro atoms. The van der Waals surface area contributed by atoms with Gasteiger partial charge in [0.15, 0.2) is 0 Å². The Morgan fingerprint density at radius 1 is 1.18 bits per heavy atom. The van der Waals surface area contributed by atoms with Gasteiger partial charge in [-0.3, -0.25) is 4.99 Å². The molecule has 0 radical (unpaired) electrons. The van der Waals surface area contributed by atoms with Crippen LogP contribution in [0.1, 0.15) is 51.5 Å². The van der Waals surface area contributed by atoms with E-state index in [2.05, 4.69) is 20.8 Å². The van der Waals surface area contributed by atoms with Crippen LogP contribution >= 0.6 is 11.6 Å². The summed E-state index contributed by atoms with van der Waals surface area (Å²) < 4.78 is 0. The van der Waals surface area contributed by atoms with E-state index < -0.39 is 0 Å². The van der Waals surface area contributed by atoms with Gasteiger partial charge in [0.1, 0.15) is 0 Å². The fourth-order valence-corrected chi connectivity index (χ4v) is 2.05. The number of unbranched alkanes of at least 4 members (excludes halogenated alkanes) is 1. The van der Waals surface area contributed by atoms with Crippen LogP contribution < -0.4 is 0 Å². The molecular formula is C15H22ClN. The zero-order valence-electron chi connectivity index (χ0n) is 11.1. The molecule has 0 saturated carbocycles. The maximum Gasteiger partial charge on any atom is 0.0659 e. The van der Waals surface area contributed by atoms with Gasteiger partial charge >= 0.3 is 0 Å². The molecule has 0 bridgehead atoms. The first-order valence-electron chi connectivity index (χ1n) is 6.50. The van der Waals surface area contributed by atoms with Crippen molar-refractivity contribution in [3.8, 4) is 0 Å². The van der Waals surface area contributed by atoms with E-state index in [0.717, 1.165) is 35.5 Å². The van der Waals surface area contributed by atoms with Gasteiger partial charge < -0.3 is 0 Å². The molecule has 1 aromatic carbocycles. The molecule has 2 heteroatoms. The molecule has 0 aliphatic carbocycles. The minimum Gasteiger partial charge on any atom is -0.258 e.